The van der Waals surface area contributed by atoms with Crippen LogP contribution in [-0.4, -0.2) is 36.7 Å². The molecule has 0 aromatic rings. The largest absolute Gasteiger partial charge is 0.478 e. The van der Waals surface area contributed by atoms with Gasteiger partial charge in [-0.3, -0.25) is 4.79 Å². The summed E-state index contributed by atoms with van der Waals surface area (Å²) in [5.74, 6) is -1.40. The first kappa shape index (κ1) is 14.6. The number of hydrogen-bond acceptors (Lipinski definition) is 3. The summed E-state index contributed by atoms with van der Waals surface area (Å²) >= 11 is 0. The van der Waals surface area contributed by atoms with E-state index < -0.39 is 5.97 Å². The summed E-state index contributed by atoms with van der Waals surface area (Å²) in [7, 11) is 0. The van der Waals surface area contributed by atoms with Crippen LogP contribution < -0.4 is 5.32 Å². The van der Waals surface area contributed by atoms with Gasteiger partial charge in [0.1, 0.15) is 0 Å². The number of rotatable bonds is 7. The molecule has 0 unspecified atom stereocenters. The summed E-state index contributed by atoms with van der Waals surface area (Å²) in [4.78, 5) is 22.1. The first-order valence-corrected chi connectivity index (χ1v) is 5.27. The van der Waals surface area contributed by atoms with Crippen molar-refractivity contribution in [3.05, 3.63) is 11.1 Å². The number of carbonyl (C=O) groups excluding carboxylic acids is 1. The van der Waals surface area contributed by atoms with Gasteiger partial charge in [0.15, 0.2) is 0 Å². The van der Waals surface area contributed by atoms with Gasteiger partial charge in [0.05, 0.1) is 0 Å². The summed E-state index contributed by atoms with van der Waals surface area (Å²) in [6, 6.07) is 0. The number of hydrogen-bond donors (Lipinski definition) is 2. The van der Waals surface area contributed by atoms with Crippen molar-refractivity contribution in [1.29, 1.82) is 0 Å². The first-order chi connectivity index (χ1) is 7.50. The van der Waals surface area contributed by atoms with Gasteiger partial charge in [-0.2, -0.15) is 0 Å². The quantitative estimate of drug-likeness (QED) is 0.503. The van der Waals surface area contributed by atoms with E-state index in [0.717, 1.165) is 6.42 Å². The number of ether oxygens (including phenoxy) is 1. The molecule has 2 N–H and O–H groups in total. The second-order valence-electron chi connectivity index (χ2n) is 3.36. The Morgan fingerprint density at radius 3 is 2.38 bits per heavy atom. The lowest BCUT2D eigenvalue weighted by Gasteiger charge is -2.06. The summed E-state index contributed by atoms with van der Waals surface area (Å²) in [5, 5.41) is 11.3. The molecule has 0 aromatic heterocycles. The molecule has 0 saturated heterocycles. The van der Waals surface area contributed by atoms with Gasteiger partial charge in [0.2, 0.25) is 5.91 Å². The molecule has 0 aromatic carbocycles. The van der Waals surface area contributed by atoms with Crippen LogP contribution in [0, 0.1) is 0 Å². The Bertz CT molecular complexity index is 284. The van der Waals surface area contributed by atoms with Crippen molar-refractivity contribution in [3.8, 4) is 0 Å². The molecule has 0 bridgehead atoms. The number of carboxylic acids is 1. The highest BCUT2D eigenvalue weighted by molar-refractivity contribution is 6.01. The Balaban J connectivity index is 3.98. The van der Waals surface area contributed by atoms with Crippen LogP contribution in [0.15, 0.2) is 11.1 Å². The normalized spacial score (nSPS) is 11.9. The molecule has 1 amide bonds. The average molecular weight is 229 g/mol. The fraction of sp³-hybridized carbons (Fsp3) is 0.636. The maximum atomic E-state index is 11.4. The van der Waals surface area contributed by atoms with Crippen molar-refractivity contribution in [2.75, 3.05) is 19.8 Å². The Hall–Kier alpha value is -1.36. The van der Waals surface area contributed by atoms with Crippen molar-refractivity contribution in [2.24, 2.45) is 0 Å². The van der Waals surface area contributed by atoms with E-state index >= 15 is 0 Å². The fourth-order valence-corrected chi connectivity index (χ4v) is 0.984. The van der Waals surface area contributed by atoms with E-state index in [0.29, 0.717) is 19.8 Å². The number of aliphatic carboxylic acids is 1. The summed E-state index contributed by atoms with van der Waals surface area (Å²) < 4.78 is 5.10. The van der Waals surface area contributed by atoms with Crippen LogP contribution in [0.5, 0.6) is 0 Å². The Kier molecular flexibility index (Phi) is 7.20. The van der Waals surface area contributed by atoms with E-state index in [1.165, 1.54) is 13.8 Å². The molecule has 92 valence electrons. The minimum absolute atomic E-state index is 0.0716. The van der Waals surface area contributed by atoms with Crippen LogP contribution in [0.4, 0.5) is 0 Å². The van der Waals surface area contributed by atoms with E-state index in [4.69, 9.17) is 9.84 Å². The second kappa shape index (κ2) is 7.87. The number of amides is 1. The van der Waals surface area contributed by atoms with Crippen LogP contribution in [-0.2, 0) is 14.3 Å². The molecule has 0 atom stereocenters. The van der Waals surface area contributed by atoms with Gasteiger partial charge in [0.25, 0.3) is 0 Å². The number of carboxylic acid groups (broad SMARTS) is 1. The van der Waals surface area contributed by atoms with Crippen LogP contribution in [0.3, 0.4) is 0 Å². The smallest absolute Gasteiger partial charge is 0.331 e. The highest BCUT2D eigenvalue weighted by Crippen LogP contribution is 2.03. The molecular weight excluding hydrogens is 210 g/mol. The molecule has 0 heterocycles. The van der Waals surface area contributed by atoms with Crippen molar-refractivity contribution < 1.29 is 19.4 Å². The molecule has 16 heavy (non-hydrogen) atoms. The Morgan fingerprint density at radius 1 is 1.25 bits per heavy atom. The second-order valence-corrected chi connectivity index (χ2v) is 3.36. The molecule has 5 nitrogen and oxygen atoms in total. The van der Waals surface area contributed by atoms with E-state index in [1.807, 2.05) is 6.92 Å². The average Bonchev–Trinajstić information content (AvgIpc) is 2.26. The predicted octanol–water partition coefficient (Wildman–Crippen LogP) is 0.950. The maximum absolute atomic E-state index is 11.4. The zero-order chi connectivity index (χ0) is 12.6. The molecule has 5 heteroatoms. The molecule has 0 fully saturated rings. The third kappa shape index (κ3) is 5.50. The first-order valence-electron chi connectivity index (χ1n) is 5.27. The highest BCUT2D eigenvalue weighted by Gasteiger charge is 2.11. The van der Waals surface area contributed by atoms with Gasteiger partial charge in [-0.15, -0.1) is 0 Å². The highest BCUT2D eigenvalue weighted by atomic mass is 16.5. The van der Waals surface area contributed by atoms with Crippen LogP contribution >= 0.6 is 0 Å². The van der Waals surface area contributed by atoms with Crippen LogP contribution in [0.25, 0.3) is 0 Å². The molecule has 0 saturated carbocycles. The minimum Gasteiger partial charge on any atom is -0.478 e. The third-order valence-corrected chi connectivity index (χ3v) is 2.18. The van der Waals surface area contributed by atoms with E-state index in [1.54, 1.807) is 0 Å². The maximum Gasteiger partial charge on any atom is 0.331 e. The van der Waals surface area contributed by atoms with Crippen LogP contribution in [0.1, 0.15) is 27.2 Å². The molecule has 0 aliphatic carbocycles. The van der Waals surface area contributed by atoms with Crippen molar-refractivity contribution in [1.82, 2.24) is 5.32 Å². The SMILES string of the molecule is CCOCCCNC(=O)C(C)=C(C)C(=O)O. The van der Waals surface area contributed by atoms with Gasteiger partial charge in [0, 0.05) is 30.9 Å². The van der Waals surface area contributed by atoms with Gasteiger partial charge in [-0.1, -0.05) is 0 Å². The molecule has 0 radical (unpaired) electrons. The van der Waals surface area contributed by atoms with Crippen molar-refractivity contribution in [3.63, 3.8) is 0 Å². The monoisotopic (exact) mass is 229 g/mol. The van der Waals surface area contributed by atoms with E-state index in [9.17, 15) is 9.59 Å². The van der Waals surface area contributed by atoms with Crippen LogP contribution in [0.2, 0.25) is 0 Å². The van der Waals surface area contributed by atoms with Gasteiger partial charge in [-0.25, -0.2) is 4.79 Å². The van der Waals surface area contributed by atoms with Gasteiger partial charge < -0.3 is 15.2 Å². The number of carbonyl (C=O) groups is 2. The lowest BCUT2D eigenvalue weighted by Crippen LogP contribution is -2.27. The van der Waals surface area contributed by atoms with Gasteiger partial charge >= 0.3 is 5.97 Å². The topological polar surface area (TPSA) is 75.6 Å². The predicted molar refractivity (Wildman–Crippen MR) is 60.1 cm³/mol. The zero-order valence-electron chi connectivity index (χ0n) is 10.0. The molecule has 0 rings (SSSR count). The lowest BCUT2D eigenvalue weighted by molar-refractivity contribution is -0.133. The fourth-order valence-electron chi connectivity index (χ4n) is 0.984. The Labute approximate surface area is 95.5 Å². The minimum atomic E-state index is -1.07. The number of nitrogens with one attached hydrogen (secondary N) is 1. The van der Waals surface area contributed by atoms with E-state index in [2.05, 4.69) is 5.32 Å². The van der Waals surface area contributed by atoms with E-state index in [-0.39, 0.29) is 17.1 Å². The van der Waals surface area contributed by atoms with Gasteiger partial charge in [-0.05, 0) is 27.2 Å². The Morgan fingerprint density at radius 2 is 1.88 bits per heavy atom. The molecule has 0 spiro atoms. The summed E-state index contributed by atoms with van der Waals surface area (Å²) in [5.41, 5.74) is 0.311. The summed E-state index contributed by atoms with van der Waals surface area (Å²) in [6.07, 6.45) is 0.721. The standard InChI is InChI=1S/C11H19NO4/c1-4-16-7-5-6-12-10(13)8(2)9(3)11(14)15/h4-7H2,1-3H3,(H,12,13)(H,14,15). The molecular formula is C11H19NO4. The van der Waals surface area contributed by atoms with Crippen molar-refractivity contribution in [2.45, 2.75) is 27.2 Å². The lowest BCUT2D eigenvalue weighted by atomic mass is 10.1. The molecule has 0 aliphatic rings. The zero-order valence-corrected chi connectivity index (χ0v) is 10.0. The third-order valence-electron chi connectivity index (χ3n) is 2.18. The summed E-state index contributed by atoms with van der Waals surface area (Å²) in [6.45, 7) is 6.56. The van der Waals surface area contributed by atoms with Crippen molar-refractivity contribution >= 4 is 11.9 Å². The molecule has 0 aliphatic heterocycles.